The maximum Gasteiger partial charge on any atom is 0.339 e. The molecule has 1 aliphatic rings. The van der Waals surface area contributed by atoms with E-state index in [4.69, 9.17) is 4.74 Å². The molecule has 7 nitrogen and oxygen atoms in total. The lowest BCUT2D eigenvalue weighted by Crippen LogP contribution is -3.00. The highest BCUT2D eigenvalue weighted by Crippen LogP contribution is 2.26. The third-order valence-electron chi connectivity index (χ3n) is 5.69. The van der Waals surface area contributed by atoms with Gasteiger partial charge < -0.3 is 43.8 Å². The Labute approximate surface area is 196 Å². The molecule has 0 aromatic heterocycles. The summed E-state index contributed by atoms with van der Waals surface area (Å²) in [6, 6.07) is 5.36. The summed E-state index contributed by atoms with van der Waals surface area (Å²) in [6.07, 6.45) is 1.76. The number of anilines is 1. The number of likely N-dealkylation sites (N-methyl/N-ethyl adjacent to an activating group) is 1. The molecule has 2 atom stereocenters. The van der Waals surface area contributed by atoms with E-state index in [0.29, 0.717) is 22.3 Å². The van der Waals surface area contributed by atoms with Crippen LogP contribution in [-0.4, -0.2) is 61.6 Å². The second-order valence-corrected chi connectivity index (χ2v) is 8.26. The third-order valence-corrected chi connectivity index (χ3v) is 5.69. The summed E-state index contributed by atoms with van der Waals surface area (Å²) in [7, 11) is 1.32. The normalized spacial score (nSPS) is 20.8. The Bertz CT molecular complexity index is 769. The molecular formula is C22H34IN3O4. The van der Waals surface area contributed by atoms with Gasteiger partial charge in [0.05, 0.1) is 43.9 Å². The van der Waals surface area contributed by atoms with Crippen LogP contribution in [0.2, 0.25) is 0 Å². The quantitative estimate of drug-likeness (QED) is 0.282. The number of rotatable bonds is 7. The number of para-hydroxylation sites is 1. The minimum Gasteiger partial charge on any atom is -1.00 e. The maximum atomic E-state index is 12.9. The number of halogens is 1. The highest BCUT2D eigenvalue weighted by Gasteiger charge is 2.38. The molecule has 2 N–H and O–H groups in total. The van der Waals surface area contributed by atoms with Crippen LogP contribution in [0.3, 0.4) is 0 Å². The Morgan fingerprint density at radius 1 is 1.27 bits per heavy atom. The standard InChI is InChI=1S/C22H33N3O4.HI/c1-6-25(12-8-10-17(13-25)21(27)23-15(2)3)14-19(26)24-20-16(4)9-7-11-18(20)22(28)29-5;/h7,9,11,15,17H,6,8,10,12-14H2,1-5H3,(H-,23,24,26,27,28);1H. The Morgan fingerprint density at radius 2 is 1.97 bits per heavy atom. The SMILES string of the molecule is CC[N+]1(CC(=O)Nc2c(C)cccc2C(=O)OC)CCCC(C(=O)NC(C)C)C1.[I-]. The third kappa shape index (κ3) is 6.66. The van der Waals surface area contributed by atoms with Gasteiger partial charge in [-0.15, -0.1) is 0 Å². The van der Waals surface area contributed by atoms with Crippen molar-refractivity contribution in [2.45, 2.75) is 46.6 Å². The van der Waals surface area contributed by atoms with Crippen LogP contribution in [0.4, 0.5) is 5.69 Å². The van der Waals surface area contributed by atoms with Crippen LogP contribution in [-0.2, 0) is 14.3 Å². The molecule has 8 heteroatoms. The predicted molar refractivity (Wildman–Crippen MR) is 113 cm³/mol. The number of quaternary nitrogens is 1. The van der Waals surface area contributed by atoms with Crippen LogP contribution in [0.25, 0.3) is 0 Å². The molecule has 1 aromatic carbocycles. The van der Waals surface area contributed by atoms with Crippen molar-refractivity contribution in [3.05, 3.63) is 29.3 Å². The lowest BCUT2D eigenvalue weighted by Gasteiger charge is -2.43. The van der Waals surface area contributed by atoms with Gasteiger partial charge in [0.2, 0.25) is 5.91 Å². The molecule has 1 aromatic rings. The molecule has 168 valence electrons. The fourth-order valence-electron chi connectivity index (χ4n) is 4.08. The second-order valence-electron chi connectivity index (χ2n) is 8.26. The van der Waals surface area contributed by atoms with Gasteiger partial charge in [0.25, 0.3) is 5.91 Å². The van der Waals surface area contributed by atoms with Gasteiger partial charge in [0.15, 0.2) is 6.54 Å². The van der Waals surface area contributed by atoms with Crippen molar-refractivity contribution in [3.8, 4) is 0 Å². The molecule has 1 fully saturated rings. The summed E-state index contributed by atoms with van der Waals surface area (Å²) in [5.74, 6) is -0.645. The van der Waals surface area contributed by atoms with E-state index < -0.39 is 5.97 Å². The van der Waals surface area contributed by atoms with Crippen LogP contribution >= 0.6 is 0 Å². The summed E-state index contributed by atoms with van der Waals surface area (Å²) < 4.78 is 5.41. The zero-order valence-electron chi connectivity index (χ0n) is 18.6. The molecule has 1 aliphatic heterocycles. The first-order valence-corrected chi connectivity index (χ1v) is 10.3. The molecule has 1 saturated heterocycles. The molecule has 0 radical (unpaired) electrons. The van der Waals surface area contributed by atoms with E-state index in [1.807, 2.05) is 26.8 Å². The summed E-state index contributed by atoms with van der Waals surface area (Å²) in [4.78, 5) is 37.5. The largest absolute Gasteiger partial charge is 1.00 e. The van der Waals surface area contributed by atoms with Gasteiger partial charge in [0.1, 0.15) is 0 Å². The van der Waals surface area contributed by atoms with Crippen molar-refractivity contribution in [2.75, 3.05) is 38.6 Å². The molecule has 0 aliphatic carbocycles. The second kappa shape index (κ2) is 11.6. The van der Waals surface area contributed by atoms with E-state index in [1.165, 1.54) is 7.11 Å². The number of amides is 2. The van der Waals surface area contributed by atoms with Crippen molar-refractivity contribution in [2.24, 2.45) is 5.92 Å². The van der Waals surface area contributed by atoms with E-state index in [2.05, 4.69) is 17.6 Å². The molecule has 0 spiro atoms. The first-order valence-electron chi connectivity index (χ1n) is 10.3. The van der Waals surface area contributed by atoms with Gasteiger partial charge in [0, 0.05) is 6.04 Å². The zero-order chi connectivity index (χ0) is 21.6. The first kappa shape index (κ1) is 26.4. The smallest absolute Gasteiger partial charge is 0.339 e. The molecule has 2 rings (SSSR count). The number of nitrogens with zero attached hydrogens (tertiary/aromatic N) is 1. The lowest BCUT2D eigenvalue weighted by molar-refractivity contribution is -0.925. The number of ether oxygens (including phenoxy) is 1. The Morgan fingerprint density at radius 3 is 2.57 bits per heavy atom. The van der Waals surface area contributed by atoms with Crippen LogP contribution in [0.5, 0.6) is 0 Å². The highest BCUT2D eigenvalue weighted by molar-refractivity contribution is 6.02. The summed E-state index contributed by atoms with van der Waals surface area (Å²) >= 11 is 0. The molecule has 30 heavy (non-hydrogen) atoms. The Kier molecular flexibility index (Phi) is 10.2. The number of hydrogen-bond acceptors (Lipinski definition) is 4. The topological polar surface area (TPSA) is 84.5 Å². The van der Waals surface area contributed by atoms with E-state index in [9.17, 15) is 14.4 Å². The molecule has 1 heterocycles. The summed E-state index contributed by atoms with van der Waals surface area (Å²) in [5.41, 5.74) is 1.64. The molecular weight excluding hydrogens is 497 g/mol. The van der Waals surface area contributed by atoms with Crippen LogP contribution in [0, 0.1) is 12.8 Å². The van der Waals surface area contributed by atoms with Gasteiger partial charge >= 0.3 is 5.97 Å². The van der Waals surface area contributed by atoms with Gasteiger partial charge in [-0.25, -0.2) is 4.79 Å². The number of hydrogen-bond donors (Lipinski definition) is 2. The Balaban J connectivity index is 0.00000450. The predicted octanol–water partition coefficient (Wildman–Crippen LogP) is -0.505. The number of piperidine rings is 1. The molecule has 0 saturated carbocycles. The molecule has 0 bridgehead atoms. The minimum atomic E-state index is -0.480. The fourth-order valence-corrected chi connectivity index (χ4v) is 4.08. The molecule has 2 unspecified atom stereocenters. The number of benzene rings is 1. The first-order chi connectivity index (χ1) is 13.7. The van der Waals surface area contributed by atoms with E-state index in [-0.39, 0.29) is 54.3 Å². The summed E-state index contributed by atoms with van der Waals surface area (Å²) in [6.45, 7) is 10.4. The average molecular weight is 531 g/mol. The van der Waals surface area contributed by atoms with Crippen molar-refractivity contribution in [1.29, 1.82) is 0 Å². The van der Waals surface area contributed by atoms with Gasteiger partial charge in [-0.05, 0) is 52.2 Å². The van der Waals surface area contributed by atoms with Gasteiger partial charge in [-0.2, -0.15) is 0 Å². The van der Waals surface area contributed by atoms with Crippen molar-refractivity contribution in [1.82, 2.24) is 5.32 Å². The van der Waals surface area contributed by atoms with E-state index in [0.717, 1.165) is 31.5 Å². The lowest BCUT2D eigenvalue weighted by atomic mass is 9.94. The number of carbonyl (C=O) groups is 3. The van der Waals surface area contributed by atoms with E-state index in [1.54, 1.807) is 12.1 Å². The highest BCUT2D eigenvalue weighted by atomic mass is 127. The summed E-state index contributed by atoms with van der Waals surface area (Å²) in [5, 5.41) is 5.92. The number of methoxy groups -OCH3 is 1. The fraction of sp³-hybridized carbons (Fsp3) is 0.591. The van der Waals surface area contributed by atoms with Gasteiger partial charge in [-0.1, -0.05) is 12.1 Å². The van der Waals surface area contributed by atoms with Crippen molar-refractivity contribution >= 4 is 23.5 Å². The Hall–Kier alpha value is -1.68. The van der Waals surface area contributed by atoms with Crippen LogP contribution < -0.4 is 34.6 Å². The number of aryl methyl sites for hydroxylation is 1. The maximum absolute atomic E-state index is 12.9. The number of likely N-dealkylation sites (tertiary alicyclic amines) is 1. The van der Waals surface area contributed by atoms with Crippen molar-refractivity contribution < 1.29 is 47.6 Å². The monoisotopic (exact) mass is 531 g/mol. The number of nitrogens with one attached hydrogen (secondary N) is 2. The zero-order valence-corrected chi connectivity index (χ0v) is 20.7. The van der Waals surface area contributed by atoms with Crippen LogP contribution in [0.1, 0.15) is 49.5 Å². The van der Waals surface area contributed by atoms with Crippen molar-refractivity contribution in [3.63, 3.8) is 0 Å². The van der Waals surface area contributed by atoms with Gasteiger partial charge in [-0.3, -0.25) is 9.59 Å². The van der Waals surface area contributed by atoms with E-state index >= 15 is 0 Å². The average Bonchev–Trinajstić information content (AvgIpc) is 2.68. The number of esters is 1. The number of carbonyl (C=O) groups excluding carboxylic acids is 3. The van der Waals surface area contributed by atoms with Crippen LogP contribution in [0.15, 0.2) is 18.2 Å². The molecule has 2 amide bonds. The minimum absolute atomic E-state index is 0.